The normalized spacial score (nSPS) is 14.2. The van der Waals surface area contributed by atoms with Crippen molar-refractivity contribution in [1.82, 2.24) is 10.3 Å². The molecule has 1 heterocycles. The predicted octanol–water partition coefficient (Wildman–Crippen LogP) is -0.161. The number of anilines is 1. The van der Waals surface area contributed by atoms with Crippen LogP contribution in [-0.4, -0.2) is 39.8 Å². The number of nitrogens with zero attached hydrogens (tertiary/aromatic N) is 2. The van der Waals surface area contributed by atoms with E-state index >= 15 is 0 Å². The number of aliphatic hydroxyl groups excluding tert-OH is 2. The van der Waals surface area contributed by atoms with Crippen molar-refractivity contribution in [2.45, 2.75) is 12.2 Å². The van der Waals surface area contributed by atoms with Crippen LogP contribution in [0.3, 0.4) is 0 Å². The van der Waals surface area contributed by atoms with E-state index in [0.29, 0.717) is 0 Å². The van der Waals surface area contributed by atoms with E-state index in [1.165, 1.54) is 0 Å². The van der Waals surface area contributed by atoms with Gasteiger partial charge < -0.3 is 21.3 Å². The maximum absolute atomic E-state index is 10.7. The number of hydrogen-bond acceptors (Lipinski definition) is 7. The fourth-order valence-corrected chi connectivity index (χ4v) is 1.65. The van der Waals surface area contributed by atoms with Gasteiger partial charge in [0.05, 0.1) is 11.0 Å². The Morgan fingerprint density at radius 2 is 2.28 bits per heavy atom. The van der Waals surface area contributed by atoms with Gasteiger partial charge in [-0.15, -0.1) is 0 Å². The van der Waals surface area contributed by atoms with Crippen molar-refractivity contribution in [1.29, 1.82) is 0 Å². The first-order valence-electron chi connectivity index (χ1n) is 4.99. The first-order valence-corrected chi connectivity index (χ1v) is 5.37. The van der Waals surface area contributed by atoms with Crippen LogP contribution >= 0.6 is 11.6 Å². The molecule has 0 bridgehead atoms. The number of likely N-dealkylation sites (N-methyl/N-ethyl adjacent to an activating group) is 1. The summed E-state index contributed by atoms with van der Waals surface area (Å²) >= 11 is 5.74. The van der Waals surface area contributed by atoms with Gasteiger partial charge in [-0.3, -0.25) is 10.1 Å². The number of aliphatic hydroxyl groups is 2. The molecular formula is C9H13ClN4O4. The van der Waals surface area contributed by atoms with E-state index in [9.17, 15) is 20.3 Å². The van der Waals surface area contributed by atoms with Gasteiger partial charge in [-0.2, -0.15) is 0 Å². The summed E-state index contributed by atoms with van der Waals surface area (Å²) in [5.74, 6) is -0.343. The van der Waals surface area contributed by atoms with Gasteiger partial charge in [0.1, 0.15) is 11.3 Å². The number of aromatic nitrogens is 1. The number of rotatable bonds is 5. The zero-order valence-electron chi connectivity index (χ0n) is 9.50. The minimum atomic E-state index is -1.39. The standard InChI is InChI=1S/C9H13ClN4O4/c1-12-3-6(15)7(16)4-2-5(14(17)18)9(11)13-8(4)10/h2,6-7,12,15-16H,3H2,1H3,(H2,11,13). The molecule has 1 aromatic rings. The van der Waals surface area contributed by atoms with Crippen molar-refractivity contribution in [3.05, 3.63) is 26.9 Å². The number of nitro groups is 1. The molecule has 0 amide bonds. The molecule has 8 nitrogen and oxygen atoms in total. The third-order valence-electron chi connectivity index (χ3n) is 2.30. The smallest absolute Gasteiger partial charge is 0.311 e. The van der Waals surface area contributed by atoms with Crippen LogP contribution in [0.25, 0.3) is 0 Å². The van der Waals surface area contributed by atoms with Gasteiger partial charge in [-0.1, -0.05) is 11.6 Å². The van der Waals surface area contributed by atoms with E-state index in [0.717, 1.165) is 6.07 Å². The Bertz CT molecular complexity index is 456. The summed E-state index contributed by atoms with van der Waals surface area (Å²) in [6.07, 6.45) is -2.56. The van der Waals surface area contributed by atoms with Gasteiger partial charge in [-0.25, -0.2) is 4.98 Å². The van der Waals surface area contributed by atoms with Gasteiger partial charge >= 0.3 is 5.69 Å². The molecule has 18 heavy (non-hydrogen) atoms. The van der Waals surface area contributed by atoms with Crippen LogP contribution in [-0.2, 0) is 0 Å². The average Bonchev–Trinajstić information content (AvgIpc) is 2.28. The summed E-state index contributed by atoms with van der Waals surface area (Å²) in [6.45, 7) is 0.0929. The van der Waals surface area contributed by atoms with Crippen molar-refractivity contribution >= 4 is 23.1 Å². The summed E-state index contributed by atoms with van der Waals surface area (Å²) < 4.78 is 0. The lowest BCUT2D eigenvalue weighted by atomic mass is 10.1. The molecule has 1 aromatic heterocycles. The highest BCUT2D eigenvalue weighted by Crippen LogP contribution is 2.30. The van der Waals surface area contributed by atoms with E-state index in [1.807, 2.05) is 0 Å². The molecule has 0 radical (unpaired) electrons. The number of hydrogen-bond donors (Lipinski definition) is 4. The van der Waals surface area contributed by atoms with Gasteiger partial charge in [-0.05, 0) is 7.05 Å². The monoisotopic (exact) mass is 276 g/mol. The summed E-state index contributed by atoms with van der Waals surface area (Å²) in [6, 6.07) is 1.01. The zero-order valence-corrected chi connectivity index (χ0v) is 10.3. The van der Waals surface area contributed by atoms with Gasteiger partial charge in [0.15, 0.2) is 0 Å². The van der Waals surface area contributed by atoms with E-state index in [4.69, 9.17) is 17.3 Å². The number of nitrogen functional groups attached to an aromatic ring is 1. The molecule has 2 atom stereocenters. The van der Waals surface area contributed by atoms with Gasteiger partial charge in [0, 0.05) is 18.2 Å². The van der Waals surface area contributed by atoms with Crippen molar-refractivity contribution in [2.75, 3.05) is 19.3 Å². The number of pyridine rings is 1. The lowest BCUT2D eigenvalue weighted by molar-refractivity contribution is -0.384. The highest BCUT2D eigenvalue weighted by molar-refractivity contribution is 6.30. The van der Waals surface area contributed by atoms with E-state index < -0.39 is 22.8 Å². The maximum Gasteiger partial charge on any atom is 0.311 e. The minimum Gasteiger partial charge on any atom is -0.389 e. The van der Waals surface area contributed by atoms with Crippen LogP contribution in [0.15, 0.2) is 6.07 Å². The summed E-state index contributed by atoms with van der Waals surface area (Å²) in [4.78, 5) is 13.5. The second kappa shape index (κ2) is 5.91. The van der Waals surface area contributed by atoms with Crippen LogP contribution in [0, 0.1) is 10.1 Å². The molecule has 0 aliphatic rings. The van der Waals surface area contributed by atoms with Crippen molar-refractivity contribution in [3.8, 4) is 0 Å². The molecule has 0 fully saturated rings. The lowest BCUT2D eigenvalue weighted by Gasteiger charge is -2.18. The SMILES string of the molecule is CNCC(O)C(O)c1cc([N+](=O)[O-])c(N)nc1Cl. The molecule has 0 saturated heterocycles. The highest BCUT2D eigenvalue weighted by atomic mass is 35.5. The van der Waals surface area contributed by atoms with Crippen LogP contribution in [0.5, 0.6) is 0 Å². The Labute approximate surface area is 108 Å². The van der Waals surface area contributed by atoms with Crippen LogP contribution in [0.4, 0.5) is 11.5 Å². The van der Waals surface area contributed by atoms with E-state index in [-0.39, 0.29) is 23.1 Å². The lowest BCUT2D eigenvalue weighted by Crippen LogP contribution is -2.30. The second-order valence-corrected chi connectivity index (χ2v) is 3.96. The molecule has 0 saturated carbocycles. The highest BCUT2D eigenvalue weighted by Gasteiger charge is 2.25. The second-order valence-electron chi connectivity index (χ2n) is 3.60. The fourth-order valence-electron chi connectivity index (χ4n) is 1.39. The van der Waals surface area contributed by atoms with Crippen molar-refractivity contribution in [3.63, 3.8) is 0 Å². The molecule has 9 heteroatoms. The first-order chi connectivity index (χ1) is 8.38. The minimum absolute atomic E-state index is 0.0414. The Hall–Kier alpha value is -1.48. The molecule has 0 spiro atoms. The molecule has 100 valence electrons. The number of nitrogens with one attached hydrogen (secondary N) is 1. The largest absolute Gasteiger partial charge is 0.389 e. The molecule has 0 aromatic carbocycles. The zero-order chi connectivity index (χ0) is 13.9. The van der Waals surface area contributed by atoms with Gasteiger partial charge in [0.25, 0.3) is 0 Å². The molecule has 0 aliphatic heterocycles. The Balaban J connectivity index is 3.15. The number of nitrogens with two attached hydrogens (primary N) is 1. The molecule has 0 aliphatic carbocycles. The van der Waals surface area contributed by atoms with E-state index in [1.54, 1.807) is 7.05 Å². The average molecular weight is 277 g/mol. The Morgan fingerprint density at radius 3 is 2.78 bits per heavy atom. The number of halogens is 1. The van der Waals surface area contributed by atoms with Crippen LogP contribution in [0.1, 0.15) is 11.7 Å². The summed E-state index contributed by atoms with van der Waals surface area (Å²) in [5.41, 5.74) is 4.82. The van der Waals surface area contributed by atoms with Gasteiger partial charge in [0.2, 0.25) is 5.82 Å². The summed E-state index contributed by atoms with van der Waals surface area (Å²) in [7, 11) is 1.58. The van der Waals surface area contributed by atoms with E-state index in [2.05, 4.69) is 10.3 Å². The first kappa shape index (κ1) is 14.6. The molecule has 2 unspecified atom stereocenters. The van der Waals surface area contributed by atoms with Crippen LogP contribution < -0.4 is 11.1 Å². The maximum atomic E-state index is 10.7. The third-order valence-corrected chi connectivity index (χ3v) is 2.61. The van der Waals surface area contributed by atoms with Crippen molar-refractivity contribution < 1.29 is 15.1 Å². The Kier molecular flexibility index (Phi) is 4.79. The molecule has 1 rings (SSSR count). The Morgan fingerprint density at radius 1 is 1.67 bits per heavy atom. The third kappa shape index (κ3) is 3.05. The fraction of sp³-hybridized carbons (Fsp3) is 0.444. The topological polar surface area (TPSA) is 135 Å². The summed E-state index contributed by atoms with van der Waals surface area (Å²) in [5, 5.41) is 32.6. The predicted molar refractivity (Wildman–Crippen MR) is 65.2 cm³/mol. The molecule has 5 N–H and O–H groups in total. The van der Waals surface area contributed by atoms with Crippen LogP contribution in [0.2, 0.25) is 5.15 Å². The molecular weight excluding hydrogens is 264 g/mol. The van der Waals surface area contributed by atoms with Crippen molar-refractivity contribution in [2.24, 2.45) is 0 Å². The quantitative estimate of drug-likeness (QED) is 0.333.